The van der Waals surface area contributed by atoms with Crippen molar-refractivity contribution >= 4 is 11.9 Å². The van der Waals surface area contributed by atoms with E-state index in [1.807, 2.05) is 13.8 Å². The predicted molar refractivity (Wildman–Crippen MR) is 57.3 cm³/mol. The van der Waals surface area contributed by atoms with E-state index in [1.54, 1.807) is 7.05 Å². The van der Waals surface area contributed by atoms with E-state index in [4.69, 9.17) is 0 Å². The number of carbonyl (C=O) groups excluding carboxylic acids is 2. The van der Waals surface area contributed by atoms with Crippen LogP contribution in [0.15, 0.2) is 0 Å². The monoisotopic (exact) mass is 216 g/mol. The zero-order valence-corrected chi connectivity index (χ0v) is 9.79. The summed E-state index contributed by atoms with van der Waals surface area (Å²) in [5, 5.41) is 5.34. The van der Waals surface area contributed by atoms with E-state index in [-0.39, 0.29) is 18.4 Å². The van der Waals surface area contributed by atoms with E-state index in [1.165, 1.54) is 7.11 Å². The van der Waals surface area contributed by atoms with Gasteiger partial charge in [-0.25, -0.2) is 0 Å². The number of carbonyl (C=O) groups is 2. The second kappa shape index (κ2) is 7.23. The van der Waals surface area contributed by atoms with Crippen LogP contribution in [-0.2, 0) is 14.3 Å². The summed E-state index contributed by atoms with van der Waals surface area (Å²) in [5.41, 5.74) is 0. The Hall–Kier alpha value is -1.10. The van der Waals surface area contributed by atoms with E-state index >= 15 is 0 Å². The van der Waals surface area contributed by atoms with Gasteiger partial charge in [0.05, 0.1) is 13.7 Å². The highest BCUT2D eigenvalue weighted by atomic mass is 16.5. The number of hydrogen-bond acceptors (Lipinski definition) is 4. The molecule has 0 aliphatic carbocycles. The number of nitrogens with one attached hydrogen (secondary N) is 2. The van der Waals surface area contributed by atoms with Gasteiger partial charge >= 0.3 is 5.97 Å². The van der Waals surface area contributed by atoms with Crippen LogP contribution in [0, 0.1) is 5.92 Å². The Bertz CT molecular complexity index is 217. The maximum atomic E-state index is 11.3. The number of esters is 1. The zero-order chi connectivity index (χ0) is 11.8. The normalized spacial score (nSPS) is 12.3. The molecule has 1 atom stereocenters. The van der Waals surface area contributed by atoms with Crippen molar-refractivity contribution < 1.29 is 14.3 Å². The molecule has 0 aliphatic heterocycles. The minimum atomic E-state index is -0.410. The molecular formula is C10H20N2O3. The van der Waals surface area contributed by atoms with Crippen LogP contribution in [0.1, 0.15) is 20.3 Å². The molecule has 0 bridgehead atoms. The molecule has 0 heterocycles. The molecule has 0 saturated carbocycles. The van der Waals surface area contributed by atoms with Crippen molar-refractivity contribution in [2.24, 2.45) is 5.92 Å². The second-order valence-electron chi connectivity index (χ2n) is 3.76. The van der Waals surface area contributed by atoms with E-state index in [0.29, 0.717) is 12.3 Å². The fourth-order valence-electron chi connectivity index (χ4n) is 1.18. The van der Waals surface area contributed by atoms with Crippen LogP contribution in [-0.4, -0.2) is 38.6 Å². The molecule has 5 heteroatoms. The van der Waals surface area contributed by atoms with Gasteiger partial charge in [0.25, 0.3) is 0 Å². The summed E-state index contributed by atoms with van der Waals surface area (Å²) in [4.78, 5) is 22.3. The molecule has 15 heavy (non-hydrogen) atoms. The molecule has 5 nitrogen and oxygen atoms in total. The number of ether oxygens (including phenoxy) is 1. The average Bonchev–Trinajstić information content (AvgIpc) is 2.21. The van der Waals surface area contributed by atoms with Gasteiger partial charge in [0.1, 0.15) is 6.04 Å². The molecule has 88 valence electrons. The topological polar surface area (TPSA) is 67.4 Å². The molecule has 0 aromatic heterocycles. The highest BCUT2D eigenvalue weighted by Gasteiger charge is 2.20. The van der Waals surface area contributed by atoms with Crippen molar-refractivity contribution in [1.82, 2.24) is 10.6 Å². The van der Waals surface area contributed by atoms with E-state index < -0.39 is 6.04 Å². The summed E-state index contributed by atoms with van der Waals surface area (Å²) in [6, 6.07) is -0.410. The Morgan fingerprint density at radius 3 is 2.33 bits per heavy atom. The summed E-state index contributed by atoms with van der Waals surface area (Å²) in [6.45, 7) is 4.15. The van der Waals surface area contributed by atoms with Crippen molar-refractivity contribution in [2.45, 2.75) is 26.3 Å². The summed E-state index contributed by atoms with van der Waals surface area (Å²) < 4.78 is 4.65. The minimum absolute atomic E-state index is 0.128. The summed E-state index contributed by atoms with van der Waals surface area (Å²) >= 11 is 0. The van der Waals surface area contributed by atoms with Gasteiger partial charge < -0.3 is 10.1 Å². The van der Waals surface area contributed by atoms with Gasteiger partial charge in [0.2, 0.25) is 5.91 Å². The van der Waals surface area contributed by atoms with Crippen LogP contribution in [0.2, 0.25) is 0 Å². The average molecular weight is 216 g/mol. The summed E-state index contributed by atoms with van der Waals surface area (Å²) in [7, 11) is 2.90. The maximum absolute atomic E-state index is 11.3. The van der Waals surface area contributed by atoms with Gasteiger partial charge in [-0.3, -0.25) is 14.9 Å². The highest BCUT2D eigenvalue weighted by Crippen LogP contribution is 2.05. The molecule has 0 rings (SSSR count). The fourth-order valence-corrected chi connectivity index (χ4v) is 1.18. The maximum Gasteiger partial charge on any atom is 0.322 e. The summed E-state index contributed by atoms with van der Waals surface area (Å²) in [6.07, 6.45) is 0.656. The van der Waals surface area contributed by atoms with Crippen LogP contribution in [0.3, 0.4) is 0 Å². The van der Waals surface area contributed by atoms with Crippen molar-refractivity contribution in [3.8, 4) is 0 Å². The Kier molecular flexibility index (Phi) is 6.70. The molecule has 0 spiro atoms. The fraction of sp³-hybridized carbons (Fsp3) is 0.800. The molecule has 1 amide bonds. The first-order valence-corrected chi connectivity index (χ1v) is 5.03. The number of hydrogen-bond donors (Lipinski definition) is 2. The SMILES string of the molecule is CNC(=O)CNC(CC(C)C)C(=O)OC. The molecule has 0 radical (unpaired) electrons. The Morgan fingerprint density at radius 1 is 1.33 bits per heavy atom. The predicted octanol–water partition coefficient (Wildman–Crippen LogP) is -0.0903. The Balaban J connectivity index is 4.12. The van der Waals surface area contributed by atoms with Gasteiger partial charge in [-0.05, 0) is 12.3 Å². The van der Waals surface area contributed by atoms with Crippen molar-refractivity contribution in [3.63, 3.8) is 0 Å². The largest absolute Gasteiger partial charge is 0.468 e. The lowest BCUT2D eigenvalue weighted by molar-refractivity contribution is -0.143. The van der Waals surface area contributed by atoms with E-state index in [9.17, 15) is 9.59 Å². The lowest BCUT2D eigenvalue weighted by Crippen LogP contribution is -2.43. The standard InChI is InChI=1S/C10H20N2O3/c1-7(2)5-8(10(14)15-4)12-6-9(13)11-3/h7-8,12H,5-6H2,1-4H3,(H,11,13). The van der Waals surface area contributed by atoms with E-state index in [2.05, 4.69) is 15.4 Å². The minimum Gasteiger partial charge on any atom is -0.468 e. The zero-order valence-electron chi connectivity index (χ0n) is 9.79. The van der Waals surface area contributed by atoms with Crippen molar-refractivity contribution in [1.29, 1.82) is 0 Å². The van der Waals surface area contributed by atoms with Crippen LogP contribution in [0.25, 0.3) is 0 Å². The van der Waals surface area contributed by atoms with Crippen LogP contribution >= 0.6 is 0 Å². The third-order valence-electron chi connectivity index (χ3n) is 1.98. The van der Waals surface area contributed by atoms with Gasteiger partial charge in [-0.2, -0.15) is 0 Å². The Labute approximate surface area is 90.6 Å². The smallest absolute Gasteiger partial charge is 0.322 e. The van der Waals surface area contributed by atoms with Gasteiger partial charge in [-0.15, -0.1) is 0 Å². The quantitative estimate of drug-likeness (QED) is 0.609. The second-order valence-corrected chi connectivity index (χ2v) is 3.76. The van der Waals surface area contributed by atoms with Crippen molar-refractivity contribution in [2.75, 3.05) is 20.7 Å². The molecule has 0 aliphatic rings. The lowest BCUT2D eigenvalue weighted by atomic mass is 10.0. The molecular weight excluding hydrogens is 196 g/mol. The third kappa shape index (κ3) is 6.06. The van der Waals surface area contributed by atoms with Gasteiger partial charge in [-0.1, -0.05) is 13.8 Å². The number of rotatable bonds is 6. The van der Waals surface area contributed by atoms with Gasteiger partial charge in [0.15, 0.2) is 0 Å². The first-order valence-electron chi connectivity index (χ1n) is 5.03. The highest BCUT2D eigenvalue weighted by molar-refractivity contribution is 5.80. The molecule has 0 aromatic carbocycles. The first-order chi connectivity index (χ1) is 7.01. The molecule has 0 aromatic rings. The third-order valence-corrected chi connectivity index (χ3v) is 1.98. The molecule has 0 fully saturated rings. The van der Waals surface area contributed by atoms with Crippen molar-refractivity contribution in [3.05, 3.63) is 0 Å². The van der Waals surface area contributed by atoms with Crippen LogP contribution in [0.4, 0.5) is 0 Å². The van der Waals surface area contributed by atoms with E-state index in [0.717, 1.165) is 0 Å². The number of amides is 1. The molecule has 2 N–H and O–H groups in total. The van der Waals surface area contributed by atoms with Crippen LogP contribution < -0.4 is 10.6 Å². The summed E-state index contributed by atoms with van der Waals surface area (Å²) in [5.74, 6) is -0.105. The lowest BCUT2D eigenvalue weighted by Gasteiger charge is -2.17. The molecule has 1 unspecified atom stereocenters. The Morgan fingerprint density at radius 2 is 1.93 bits per heavy atom. The van der Waals surface area contributed by atoms with Crippen LogP contribution in [0.5, 0.6) is 0 Å². The number of likely N-dealkylation sites (N-methyl/N-ethyl adjacent to an activating group) is 1. The van der Waals surface area contributed by atoms with Gasteiger partial charge in [0, 0.05) is 7.05 Å². The first kappa shape index (κ1) is 13.9. The molecule has 0 saturated heterocycles. The number of methoxy groups -OCH3 is 1.